The van der Waals surface area contributed by atoms with Crippen molar-refractivity contribution in [2.75, 3.05) is 6.54 Å². The van der Waals surface area contributed by atoms with Crippen LogP contribution in [0.15, 0.2) is 114 Å². The van der Waals surface area contributed by atoms with E-state index < -0.39 is 6.04 Å². The van der Waals surface area contributed by atoms with Gasteiger partial charge in [-0.05, 0) is 71.3 Å². The molecule has 0 N–H and O–H groups in total. The molecule has 1 unspecified atom stereocenters. The maximum atomic E-state index is 14.2. The third kappa shape index (κ3) is 5.30. The molecule has 5 aromatic carbocycles. The Labute approximate surface area is 246 Å². The number of benzene rings is 5. The number of amides is 1. The summed E-state index contributed by atoms with van der Waals surface area (Å²) in [6.45, 7) is 4.75. The van der Waals surface area contributed by atoms with Crippen LogP contribution in [0.2, 0.25) is 0 Å². The Morgan fingerprint density at radius 2 is 1.40 bits per heavy atom. The van der Waals surface area contributed by atoms with Crippen LogP contribution in [0.25, 0.3) is 38.1 Å². The van der Waals surface area contributed by atoms with Crippen molar-refractivity contribution >= 4 is 38.4 Å². The van der Waals surface area contributed by atoms with Crippen molar-refractivity contribution in [3.05, 3.63) is 131 Å². The lowest BCUT2D eigenvalue weighted by Crippen LogP contribution is -2.38. The Kier molecular flexibility index (Phi) is 7.83. The maximum absolute atomic E-state index is 14.2. The lowest BCUT2D eigenvalue weighted by atomic mass is 10.0. The fourth-order valence-corrected chi connectivity index (χ4v) is 5.80. The molecule has 0 aliphatic heterocycles. The van der Waals surface area contributed by atoms with Crippen molar-refractivity contribution in [1.29, 1.82) is 0 Å². The van der Waals surface area contributed by atoms with Gasteiger partial charge in [0.2, 0.25) is 0 Å². The summed E-state index contributed by atoms with van der Waals surface area (Å²) in [6.07, 6.45) is 4.14. The monoisotopic (exact) mass is 553 g/mol. The van der Waals surface area contributed by atoms with E-state index >= 15 is 0 Å². The molecule has 0 spiro atoms. The number of para-hydroxylation sites is 1. The molecule has 0 bridgehead atoms. The van der Waals surface area contributed by atoms with Gasteiger partial charge in [-0.15, -0.1) is 0 Å². The van der Waals surface area contributed by atoms with E-state index in [-0.39, 0.29) is 11.5 Å². The minimum absolute atomic E-state index is 0.0581. The van der Waals surface area contributed by atoms with Gasteiger partial charge in [-0.3, -0.25) is 14.2 Å². The zero-order chi connectivity index (χ0) is 29.1. The second-order valence-corrected chi connectivity index (χ2v) is 11.0. The van der Waals surface area contributed by atoms with Gasteiger partial charge in [0.15, 0.2) is 0 Å². The third-order valence-electron chi connectivity index (χ3n) is 8.14. The Balaban J connectivity index is 1.49. The molecule has 1 heterocycles. The molecular formula is C37H35N3O2. The molecule has 1 amide bonds. The van der Waals surface area contributed by atoms with Crippen molar-refractivity contribution in [3.8, 4) is 5.69 Å². The van der Waals surface area contributed by atoms with Crippen molar-refractivity contribution in [2.24, 2.45) is 0 Å². The standard InChI is InChI=1S/C37H35N3O2/c1-3-4-5-12-23-39(36(41)31-20-19-27-13-6-8-15-29(27)24-31)26(2)35-38-34-18-11-10-17-33(34)37(42)40(35)32-22-21-28-14-7-9-16-30(28)25-32/h6-11,13-22,24-26H,3-5,12,23H2,1-2H3. The summed E-state index contributed by atoms with van der Waals surface area (Å²) in [5.41, 5.74) is 1.87. The van der Waals surface area contributed by atoms with E-state index in [2.05, 4.69) is 19.1 Å². The van der Waals surface area contributed by atoms with Crippen LogP contribution in [-0.2, 0) is 0 Å². The minimum atomic E-state index is -0.450. The van der Waals surface area contributed by atoms with Crippen LogP contribution in [0.4, 0.5) is 0 Å². The van der Waals surface area contributed by atoms with Gasteiger partial charge >= 0.3 is 0 Å². The first-order chi connectivity index (χ1) is 20.5. The summed E-state index contributed by atoms with van der Waals surface area (Å²) >= 11 is 0. The third-order valence-corrected chi connectivity index (χ3v) is 8.14. The van der Waals surface area contributed by atoms with E-state index in [4.69, 9.17) is 4.98 Å². The normalized spacial score (nSPS) is 12.1. The molecule has 5 nitrogen and oxygen atoms in total. The van der Waals surface area contributed by atoms with E-state index in [1.807, 2.05) is 109 Å². The highest BCUT2D eigenvalue weighted by atomic mass is 16.2. The molecule has 0 radical (unpaired) electrons. The molecule has 6 aromatic rings. The lowest BCUT2D eigenvalue weighted by molar-refractivity contribution is 0.0677. The van der Waals surface area contributed by atoms with E-state index in [1.165, 1.54) is 0 Å². The molecule has 0 aliphatic rings. The van der Waals surface area contributed by atoms with Crippen LogP contribution in [-0.4, -0.2) is 26.9 Å². The van der Waals surface area contributed by atoms with Crippen molar-refractivity contribution < 1.29 is 4.79 Å². The molecule has 5 heteroatoms. The van der Waals surface area contributed by atoms with Crippen LogP contribution in [0.5, 0.6) is 0 Å². The largest absolute Gasteiger partial charge is 0.329 e. The highest BCUT2D eigenvalue weighted by molar-refractivity contribution is 5.98. The summed E-state index contributed by atoms with van der Waals surface area (Å²) in [7, 11) is 0. The molecule has 1 aromatic heterocycles. The van der Waals surface area contributed by atoms with Gasteiger partial charge in [0.1, 0.15) is 5.82 Å². The molecule has 6 rings (SSSR count). The SMILES string of the molecule is CCCCCCN(C(=O)c1ccc2ccccc2c1)C(C)c1nc2ccccc2c(=O)n1-c1ccc2ccccc2c1. The topological polar surface area (TPSA) is 55.2 Å². The zero-order valence-electron chi connectivity index (χ0n) is 24.2. The molecular weight excluding hydrogens is 518 g/mol. The highest BCUT2D eigenvalue weighted by Gasteiger charge is 2.27. The fraction of sp³-hybridized carbons (Fsp3) is 0.216. The minimum Gasteiger partial charge on any atom is -0.329 e. The molecule has 0 saturated carbocycles. The van der Waals surface area contributed by atoms with Crippen molar-refractivity contribution in [1.82, 2.24) is 14.5 Å². The zero-order valence-corrected chi connectivity index (χ0v) is 24.2. The van der Waals surface area contributed by atoms with E-state index in [0.29, 0.717) is 28.8 Å². The number of hydrogen-bond donors (Lipinski definition) is 0. The second-order valence-electron chi connectivity index (χ2n) is 11.0. The summed E-state index contributed by atoms with van der Waals surface area (Å²) in [5, 5.41) is 4.81. The number of hydrogen-bond acceptors (Lipinski definition) is 3. The van der Waals surface area contributed by atoms with Gasteiger partial charge in [-0.25, -0.2) is 4.98 Å². The van der Waals surface area contributed by atoms with E-state index in [9.17, 15) is 9.59 Å². The quantitative estimate of drug-likeness (QED) is 0.169. The maximum Gasteiger partial charge on any atom is 0.266 e. The molecule has 0 aliphatic carbocycles. The average molecular weight is 554 g/mol. The summed E-state index contributed by atoms with van der Waals surface area (Å²) in [4.78, 5) is 35.3. The van der Waals surface area contributed by atoms with Crippen molar-refractivity contribution in [2.45, 2.75) is 45.6 Å². The Bertz CT molecular complexity index is 1960. The number of aromatic nitrogens is 2. The number of carbonyl (C=O) groups excluding carboxylic acids is 1. The Morgan fingerprint density at radius 1 is 0.762 bits per heavy atom. The first-order valence-corrected chi connectivity index (χ1v) is 14.9. The van der Waals surface area contributed by atoms with Gasteiger partial charge < -0.3 is 4.90 Å². The smallest absolute Gasteiger partial charge is 0.266 e. The summed E-state index contributed by atoms with van der Waals surface area (Å²) < 4.78 is 1.70. The fourth-order valence-electron chi connectivity index (χ4n) is 5.80. The molecule has 0 saturated heterocycles. The predicted molar refractivity (Wildman–Crippen MR) is 172 cm³/mol. The Morgan fingerprint density at radius 3 is 2.14 bits per heavy atom. The average Bonchev–Trinajstić information content (AvgIpc) is 3.03. The van der Waals surface area contributed by atoms with Crippen LogP contribution in [0, 0.1) is 0 Å². The van der Waals surface area contributed by atoms with Crippen LogP contribution in [0.1, 0.15) is 61.8 Å². The number of rotatable bonds is 9. The predicted octanol–water partition coefficient (Wildman–Crippen LogP) is 8.48. The van der Waals surface area contributed by atoms with Gasteiger partial charge in [0.25, 0.3) is 11.5 Å². The molecule has 0 fully saturated rings. The van der Waals surface area contributed by atoms with Crippen LogP contribution >= 0.6 is 0 Å². The molecule has 42 heavy (non-hydrogen) atoms. The Hall–Kier alpha value is -4.77. The summed E-state index contributed by atoms with van der Waals surface area (Å²) in [5.74, 6) is 0.496. The lowest BCUT2D eigenvalue weighted by Gasteiger charge is -2.31. The van der Waals surface area contributed by atoms with Gasteiger partial charge in [0.05, 0.1) is 22.6 Å². The van der Waals surface area contributed by atoms with Gasteiger partial charge in [-0.1, -0.05) is 99.0 Å². The van der Waals surface area contributed by atoms with Crippen molar-refractivity contribution in [3.63, 3.8) is 0 Å². The van der Waals surface area contributed by atoms with Crippen LogP contribution < -0.4 is 5.56 Å². The number of fused-ring (bicyclic) bond motifs is 3. The first kappa shape index (κ1) is 27.4. The first-order valence-electron chi connectivity index (χ1n) is 14.9. The molecule has 210 valence electrons. The second kappa shape index (κ2) is 12.0. The van der Waals surface area contributed by atoms with Gasteiger partial charge in [-0.2, -0.15) is 0 Å². The molecule has 1 atom stereocenters. The van der Waals surface area contributed by atoms with Gasteiger partial charge in [0, 0.05) is 12.1 Å². The van der Waals surface area contributed by atoms with E-state index in [1.54, 1.807) is 4.57 Å². The number of nitrogens with zero attached hydrogens (tertiary/aromatic N) is 3. The highest BCUT2D eigenvalue weighted by Crippen LogP contribution is 2.27. The van der Waals surface area contributed by atoms with E-state index in [0.717, 1.165) is 52.9 Å². The summed E-state index contributed by atoms with van der Waals surface area (Å²) in [6, 6.07) is 35.1. The number of carbonyl (C=O) groups is 1. The van der Waals surface area contributed by atoms with Crippen LogP contribution in [0.3, 0.4) is 0 Å². The number of unbranched alkanes of at least 4 members (excludes halogenated alkanes) is 3.